The summed E-state index contributed by atoms with van der Waals surface area (Å²) in [5.74, 6) is 2.28. The summed E-state index contributed by atoms with van der Waals surface area (Å²) in [5, 5.41) is 11.8. The molecule has 0 saturated heterocycles. The quantitative estimate of drug-likeness (QED) is 0.291. The molecule has 1 aromatic heterocycles. The monoisotopic (exact) mass is 292 g/mol. The minimum absolute atomic E-state index is 0.0354. The summed E-state index contributed by atoms with van der Waals surface area (Å²) < 4.78 is 10.5. The van der Waals surface area contributed by atoms with Crippen molar-refractivity contribution in [1.29, 1.82) is 0 Å². The topological polar surface area (TPSA) is 81.0 Å². The fraction of sp³-hybridized carbons (Fsp3) is 0.214. The SMILES string of the molecule is COc1ccc(CSc2ccoc2C)cc1/C(N)=N/O. The number of nitrogens with zero attached hydrogens (tertiary/aromatic N) is 1. The maximum Gasteiger partial charge on any atom is 0.173 e. The number of rotatable bonds is 5. The fourth-order valence-corrected chi connectivity index (χ4v) is 2.69. The van der Waals surface area contributed by atoms with E-state index in [1.54, 1.807) is 25.1 Å². The minimum Gasteiger partial charge on any atom is -0.496 e. The Morgan fingerprint density at radius 2 is 2.25 bits per heavy atom. The Labute approximate surface area is 121 Å². The van der Waals surface area contributed by atoms with Crippen LogP contribution in [0.4, 0.5) is 0 Å². The Kier molecular flexibility index (Phi) is 4.57. The van der Waals surface area contributed by atoms with Gasteiger partial charge in [-0.2, -0.15) is 0 Å². The van der Waals surface area contributed by atoms with E-state index < -0.39 is 0 Å². The maximum absolute atomic E-state index is 8.81. The molecule has 0 amide bonds. The first kappa shape index (κ1) is 14.3. The summed E-state index contributed by atoms with van der Waals surface area (Å²) in [7, 11) is 1.55. The molecule has 0 bridgehead atoms. The van der Waals surface area contributed by atoms with Gasteiger partial charge < -0.3 is 20.1 Å². The number of thioether (sulfide) groups is 1. The first-order valence-electron chi connectivity index (χ1n) is 5.97. The van der Waals surface area contributed by atoms with Gasteiger partial charge in [0.05, 0.1) is 18.9 Å². The molecule has 0 radical (unpaired) electrons. The Morgan fingerprint density at radius 3 is 2.85 bits per heavy atom. The molecule has 6 heteroatoms. The number of benzene rings is 1. The molecule has 1 heterocycles. The predicted octanol–water partition coefficient (Wildman–Crippen LogP) is 2.98. The molecular formula is C14H16N2O3S. The van der Waals surface area contributed by atoms with Crippen LogP contribution in [-0.2, 0) is 5.75 Å². The Balaban J connectivity index is 2.19. The second-order valence-corrected chi connectivity index (χ2v) is 5.17. The standard InChI is InChI=1S/C14H16N2O3S/c1-9-13(5-6-19-9)20-8-10-3-4-12(18-2)11(7-10)14(15)16-17/h3-7,17H,8H2,1-2H3,(H2,15,16). The van der Waals surface area contributed by atoms with Crippen molar-refractivity contribution in [1.82, 2.24) is 0 Å². The van der Waals surface area contributed by atoms with Crippen LogP contribution in [0.3, 0.4) is 0 Å². The third-order valence-corrected chi connectivity index (χ3v) is 4.07. The van der Waals surface area contributed by atoms with Crippen LogP contribution in [0.1, 0.15) is 16.9 Å². The number of aryl methyl sites for hydroxylation is 1. The lowest BCUT2D eigenvalue weighted by Gasteiger charge is -2.09. The van der Waals surface area contributed by atoms with E-state index in [4.69, 9.17) is 20.1 Å². The van der Waals surface area contributed by atoms with Gasteiger partial charge in [0.2, 0.25) is 0 Å². The lowest BCUT2D eigenvalue weighted by atomic mass is 10.1. The molecule has 0 atom stereocenters. The zero-order valence-corrected chi connectivity index (χ0v) is 12.1. The van der Waals surface area contributed by atoms with E-state index in [0.29, 0.717) is 11.3 Å². The lowest BCUT2D eigenvalue weighted by molar-refractivity contribution is 0.318. The molecule has 20 heavy (non-hydrogen) atoms. The predicted molar refractivity (Wildman–Crippen MR) is 78.5 cm³/mol. The highest BCUT2D eigenvalue weighted by Crippen LogP contribution is 2.28. The largest absolute Gasteiger partial charge is 0.496 e. The van der Waals surface area contributed by atoms with E-state index in [1.807, 2.05) is 31.2 Å². The van der Waals surface area contributed by atoms with Gasteiger partial charge >= 0.3 is 0 Å². The molecule has 0 spiro atoms. The van der Waals surface area contributed by atoms with E-state index in [1.165, 1.54) is 0 Å². The van der Waals surface area contributed by atoms with Crippen molar-refractivity contribution in [2.45, 2.75) is 17.6 Å². The summed E-state index contributed by atoms with van der Waals surface area (Å²) >= 11 is 1.67. The highest BCUT2D eigenvalue weighted by molar-refractivity contribution is 7.98. The zero-order valence-electron chi connectivity index (χ0n) is 11.3. The third-order valence-electron chi connectivity index (χ3n) is 2.85. The number of furan rings is 1. The molecule has 106 valence electrons. The average molecular weight is 292 g/mol. The molecule has 3 N–H and O–H groups in total. The molecule has 0 unspecified atom stereocenters. The zero-order chi connectivity index (χ0) is 14.5. The van der Waals surface area contributed by atoms with Gasteiger partial charge in [-0.25, -0.2) is 0 Å². The first-order chi connectivity index (χ1) is 9.65. The fourth-order valence-electron chi connectivity index (χ4n) is 1.78. The van der Waals surface area contributed by atoms with Crippen molar-refractivity contribution in [3.8, 4) is 5.75 Å². The Morgan fingerprint density at radius 1 is 1.45 bits per heavy atom. The van der Waals surface area contributed by atoms with Gasteiger partial charge in [-0.3, -0.25) is 0 Å². The number of nitrogens with two attached hydrogens (primary N) is 1. The average Bonchev–Trinajstić information content (AvgIpc) is 2.89. The van der Waals surface area contributed by atoms with Gasteiger partial charge in [0.1, 0.15) is 11.5 Å². The Hall–Kier alpha value is -2.08. The molecule has 0 aliphatic carbocycles. The van der Waals surface area contributed by atoms with Crippen LogP contribution in [0.25, 0.3) is 0 Å². The van der Waals surface area contributed by atoms with Gasteiger partial charge in [-0.1, -0.05) is 11.2 Å². The maximum atomic E-state index is 8.81. The molecule has 0 fully saturated rings. The van der Waals surface area contributed by atoms with Crippen LogP contribution in [0.2, 0.25) is 0 Å². The van der Waals surface area contributed by atoms with Gasteiger partial charge in [0, 0.05) is 10.6 Å². The third kappa shape index (κ3) is 3.08. The molecule has 0 saturated carbocycles. The van der Waals surface area contributed by atoms with Crippen molar-refractivity contribution in [3.05, 3.63) is 47.4 Å². The van der Waals surface area contributed by atoms with Gasteiger partial charge in [0.15, 0.2) is 5.84 Å². The molecule has 0 aliphatic rings. The normalized spacial score (nSPS) is 11.6. The van der Waals surface area contributed by atoms with Crippen LogP contribution >= 0.6 is 11.8 Å². The number of amidine groups is 1. The molecule has 2 rings (SSSR count). The number of ether oxygens (including phenoxy) is 1. The number of hydrogen-bond donors (Lipinski definition) is 2. The number of hydrogen-bond acceptors (Lipinski definition) is 5. The van der Waals surface area contributed by atoms with E-state index in [-0.39, 0.29) is 5.84 Å². The summed E-state index contributed by atoms with van der Waals surface area (Å²) in [4.78, 5) is 1.10. The van der Waals surface area contributed by atoms with Crippen molar-refractivity contribution >= 4 is 17.6 Å². The van der Waals surface area contributed by atoms with Crippen LogP contribution in [0.15, 0.2) is 45.0 Å². The van der Waals surface area contributed by atoms with Gasteiger partial charge in [-0.15, -0.1) is 11.8 Å². The summed E-state index contributed by atoms with van der Waals surface area (Å²) in [6.45, 7) is 1.93. The minimum atomic E-state index is 0.0354. The second-order valence-electron chi connectivity index (χ2n) is 4.15. The molecule has 5 nitrogen and oxygen atoms in total. The molecular weight excluding hydrogens is 276 g/mol. The van der Waals surface area contributed by atoms with E-state index in [9.17, 15) is 0 Å². The van der Waals surface area contributed by atoms with Crippen LogP contribution < -0.4 is 10.5 Å². The highest BCUT2D eigenvalue weighted by atomic mass is 32.2. The summed E-state index contributed by atoms with van der Waals surface area (Å²) in [5.41, 5.74) is 7.29. The highest BCUT2D eigenvalue weighted by Gasteiger charge is 2.10. The van der Waals surface area contributed by atoms with Gasteiger partial charge in [0.25, 0.3) is 0 Å². The van der Waals surface area contributed by atoms with E-state index >= 15 is 0 Å². The van der Waals surface area contributed by atoms with Crippen molar-refractivity contribution < 1.29 is 14.4 Å². The van der Waals surface area contributed by atoms with Crippen LogP contribution in [-0.4, -0.2) is 18.2 Å². The smallest absolute Gasteiger partial charge is 0.173 e. The van der Waals surface area contributed by atoms with E-state index in [2.05, 4.69) is 5.16 Å². The summed E-state index contributed by atoms with van der Waals surface area (Å²) in [6.07, 6.45) is 1.67. The van der Waals surface area contributed by atoms with Crippen LogP contribution in [0, 0.1) is 6.92 Å². The summed E-state index contributed by atoms with van der Waals surface area (Å²) in [6, 6.07) is 7.56. The van der Waals surface area contributed by atoms with Crippen molar-refractivity contribution in [2.75, 3.05) is 7.11 Å². The lowest BCUT2D eigenvalue weighted by Crippen LogP contribution is -2.14. The van der Waals surface area contributed by atoms with Gasteiger partial charge in [-0.05, 0) is 30.7 Å². The molecule has 2 aromatic rings. The van der Waals surface area contributed by atoms with Crippen molar-refractivity contribution in [3.63, 3.8) is 0 Å². The van der Waals surface area contributed by atoms with E-state index in [0.717, 1.165) is 22.0 Å². The van der Waals surface area contributed by atoms with Crippen molar-refractivity contribution in [2.24, 2.45) is 10.9 Å². The van der Waals surface area contributed by atoms with Crippen LogP contribution in [0.5, 0.6) is 5.75 Å². The molecule has 0 aliphatic heterocycles. The molecule has 1 aromatic carbocycles. The number of methoxy groups -OCH3 is 1. The number of oxime groups is 1. The Bertz CT molecular complexity index is 623. The second kappa shape index (κ2) is 6.38. The first-order valence-corrected chi connectivity index (χ1v) is 6.96.